The van der Waals surface area contributed by atoms with Crippen molar-refractivity contribution >= 4 is 45.7 Å². The van der Waals surface area contributed by atoms with Crippen LogP contribution in [0, 0.1) is 5.41 Å². The molecule has 1 aromatic carbocycles. The van der Waals surface area contributed by atoms with Crippen molar-refractivity contribution in [3.05, 3.63) is 28.8 Å². The minimum absolute atomic E-state index is 0.0673. The number of nitrogens with zero attached hydrogens (tertiary/aromatic N) is 1. The van der Waals surface area contributed by atoms with Crippen LogP contribution in [0.4, 0.5) is 5.69 Å². The third kappa shape index (κ3) is 2.78. The zero-order valence-electron chi connectivity index (χ0n) is 9.80. The number of aliphatic imine (C=N–C) groups is 1. The van der Waals surface area contributed by atoms with Gasteiger partial charge in [-0.2, -0.15) is 0 Å². The van der Waals surface area contributed by atoms with Gasteiger partial charge in [-0.1, -0.05) is 37.0 Å². The molecule has 0 aromatic heterocycles. The fourth-order valence-corrected chi connectivity index (χ4v) is 2.68. The Morgan fingerprint density at radius 3 is 2.71 bits per heavy atom. The highest BCUT2D eigenvalue weighted by molar-refractivity contribution is 6.71. The van der Waals surface area contributed by atoms with Gasteiger partial charge in [0.2, 0.25) is 0 Å². The smallest absolute Gasteiger partial charge is 0.125 e. The summed E-state index contributed by atoms with van der Waals surface area (Å²) in [7, 11) is 0. The zero-order chi connectivity index (χ0) is 12.6. The van der Waals surface area contributed by atoms with E-state index in [-0.39, 0.29) is 10.8 Å². The average Bonchev–Trinajstić information content (AvgIpc) is 2.27. The van der Waals surface area contributed by atoms with Gasteiger partial charge in [0, 0.05) is 5.02 Å². The summed E-state index contributed by atoms with van der Waals surface area (Å²) >= 11 is 18.5. The first-order valence-electron chi connectivity index (χ1n) is 5.57. The third-order valence-electron chi connectivity index (χ3n) is 3.20. The molecule has 0 bridgehead atoms. The number of fused-ring (bicyclic) bond motifs is 1. The molecule has 17 heavy (non-hydrogen) atoms. The Kier molecular flexibility index (Phi) is 3.72. The summed E-state index contributed by atoms with van der Waals surface area (Å²) in [6, 6.07) is 5.67. The summed E-state index contributed by atoms with van der Waals surface area (Å²) < 4.78 is 0. The van der Waals surface area contributed by atoms with Crippen molar-refractivity contribution in [3.63, 3.8) is 0 Å². The molecule has 1 heterocycles. The van der Waals surface area contributed by atoms with Crippen LogP contribution in [0.15, 0.2) is 23.2 Å². The lowest BCUT2D eigenvalue weighted by Crippen LogP contribution is -2.31. The minimum Gasteiger partial charge on any atom is -0.239 e. The summed E-state index contributed by atoms with van der Waals surface area (Å²) in [5, 5.41) is 0.948. The van der Waals surface area contributed by atoms with Crippen LogP contribution in [-0.2, 0) is 6.42 Å². The van der Waals surface area contributed by atoms with Crippen LogP contribution >= 0.6 is 34.8 Å². The molecule has 1 aliphatic rings. The van der Waals surface area contributed by atoms with E-state index < -0.39 is 0 Å². The van der Waals surface area contributed by atoms with Gasteiger partial charge in [0.25, 0.3) is 0 Å². The molecule has 1 nitrogen and oxygen atoms in total. The molecule has 4 heteroatoms. The van der Waals surface area contributed by atoms with E-state index in [1.165, 1.54) is 0 Å². The lowest BCUT2D eigenvalue weighted by molar-refractivity contribution is 0.356. The minimum atomic E-state index is -0.243. The second-order valence-electron chi connectivity index (χ2n) is 5.06. The second-order valence-corrected chi connectivity index (χ2v) is 6.32. The van der Waals surface area contributed by atoms with E-state index in [9.17, 15) is 0 Å². The van der Waals surface area contributed by atoms with Gasteiger partial charge in [0.15, 0.2) is 0 Å². The number of alkyl halides is 1. The highest BCUT2D eigenvalue weighted by atomic mass is 35.5. The Morgan fingerprint density at radius 2 is 2.00 bits per heavy atom. The van der Waals surface area contributed by atoms with Gasteiger partial charge >= 0.3 is 0 Å². The highest BCUT2D eigenvalue weighted by Gasteiger charge is 2.32. The Balaban J connectivity index is 2.49. The maximum absolute atomic E-state index is 6.34. The molecule has 1 atom stereocenters. The van der Waals surface area contributed by atoms with Crippen LogP contribution in [-0.4, -0.2) is 10.5 Å². The van der Waals surface area contributed by atoms with Crippen molar-refractivity contribution in [2.45, 2.75) is 32.1 Å². The van der Waals surface area contributed by atoms with Crippen LogP contribution in [0.25, 0.3) is 0 Å². The Bertz CT molecular complexity index is 466. The fourth-order valence-electron chi connectivity index (χ4n) is 1.94. The third-order valence-corrected chi connectivity index (χ3v) is 4.65. The van der Waals surface area contributed by atoms with Gasteiger partial charge in [0.1, 0.15) is 5.17 Å². The van der Waals surface area contributed by atoms with Crippen molar-refractivity contribution < 1.29 is 0 Å². The van der Waals surface area contributed by atoms with Crippen LogP contribution in [0.5, 0.6) is 0 Å². The molecule has 1 unspecified atom stereocenters. The first-order valence-corrected chi connectivity index (χ1v) is 6.76. The monoisotopic (exact) mass is 289 g/mol. The van der Waals surface area contributed by atoms with E-state index in [0.717, 1.165) is 29.1 Å². The van der Waals surface area contributed by atoms with E-state index in [0.29, 0.717) is 5.17 Å². The molecule has 1 aromatic rings. The van der Waals surface area contributed by atoms with Crippen LogP contribution in [0.2, 0.25) is 5.02 Å². The van der Waals surface area contributed by atoms with E-state index in [1.807, 2.05) is 18.2 Å². The van der Waals surface area contributed by atoms with E-state index in [4.69, 9.17) is 34.8 Å². The lowest BCUT2D eigenvalue weighted by Gasteiger charge is -2.31. The van der Waals surface area contributed by atoms with E-state index in [1.54, 1.807) is 0 Å². The number of halogens is 3. The van der Waals surface area contributed by atoms with Crippen molar-refractivity contribution in [1.82, 2.24) is 0 Å². The summed E-state index contributed by atoms with van der Waals surface area (Å²) in [5.41, 5.74) is 1.94. The molecule has 1 aliphatic heterocycles. The predicted octanol–water partition coefficient (Wildman–Crippen LogP) is 5.19. The Morgan fingerprint density at radius 1 is 1.29 bits per heavy atom. The Labute approximate surface area is 117 Å². The summed E-state index contributed by atoms with van der Waals surface area (Å²) in [6.45, 7) is 4.22. The molecule has 0 N–H and O–H groups in total. The van der Waals surface area contributed by atoms with E-state index in [2.05, 4.69) is 18.8 Å². The van der Waals surface area contributed by atoms with Gasteiger partial charge in [0.05, 0.1) is 11.1 Å². The number of benzene rings is 1. The Hall–Kier alpha value is -0.240. The molecule has 0 radical (unpaired) electrons. The van der Waals surface area contributed by atoms with Crippen LogP contribution in [0.1, 0.15) is 25.8 Å². The molecular weight excluding hydrogens is 277 g/mol. The number of hydrogen-bond acceptors (Lipinski definition) is 1. The van der Waals surface area contributed by atoms with Gasteiger partial charge in [-0.05, 0) is 42.0 Å². The molecule has 0 amide bonds. The number of aryl methyl sites for hydroxylation is 1. The van der Waals surface area contributed by atoms with Crippen molar-refractivity contribution in [1.29, 1.82) is 0 Å². The lowest BCUT2D eigenvalue weighted by atomic mass is 9.82. The highest BCUT2D eigenvalue weighted by Crippen LogP contribution is 2.38. The first kappa shape index (κ1) is 13.2. The topological polar surface area (TPSA) is 12.4 Å². The normalized spacial score (nSPS) is 23.4. The van der Waals surface area contributed by atoms with Crippen molar-refractivity contribution in [2.75, 3.05) is 0 Å². The number of hydrogen-bond donors (Lipinski definition) is 0. The van der Waals surface area contributed by atoms with Crippen LogP contribution in [0.3, 0.4) is 0 Å². The van der Waals surface area contributed by atoms with Gasteiger partial charge in [-0.3, -0.25) is 0 Å². The standard InChI is InChI=1S/C13H14Cl3N/c1-13(2)6-5-8-7-9(14)3-4-10(8)17-12(16)11(13)15/h3-4,7,11H,5-6H2,1-2H3. The quantitative estimate of drug-likeness (QED) is 0.583. The van der Waals surface area contributed by atoms with Gasteiger partial charge < -0.3 is 0 Å². The summed E-state index contributed by atoms with van der Waals surface area (Å²) in [5.74, 6) is 0. The molecule has 0 fully saturated rings. The van der Waals surface area contributed by atoms with Crippen molar-refractivity contribution in [3.8, 4) is 0 Å². The molecule has 2 rings (SSSR count). The molecule has 92 valence electrons. The molecule has 0 saturated carbocycles. The zero-order valence-corrected chi connectivity index (χ0v) is 12.1. The van der Waals surface area contributed by atoms with Crippen molar-refractivity contribution in [2.24, 2.45) is 10.4 Å². The first-order chi connectivity index (χ1) is 7.90. The maximum Gasteiger partial charge on any atom is 0.125 e. The second kappa shape index (κ2) is 4.79. The molecule has 0 aliphatic carbocycles. The summed E-state index contributed by atoms with van der Waals surface area (Å²) in [4.78, 5) is 4.41. The van der Waals surface area contributed by atoms with Crippen LogP contribution < -0.4 is 0 Å². The van der Waals surface area contributed by atoms with Gasteiger partial charge in [-0.25, -0.2) is 4.99 Å². The van der Waals surface area contributed by atoms with E-state index >= 15 is 0 Å². The molecule has 0 spiro atoms. The maximum atomic E-state index is 6.34. The molecular formula is C13H14Cl3N. The average molecular weight is 291 g/mol. The fraction of sp³-hybridized carbons (Fsp3) is 0.462. The predicted molar refractivity (Wildman–Crippen MR) is 76.1 cm³/mol. The SMILES string of the molecule is CC1(C)CCc2cc(Cl)ccc2N=C(Cl)C1Cl. The summed E-state index contributed by atoms with van der Waals surface area (Å²) in [6.07, 6.45) is 1.88. The van der Waals surface area contributed by atoms with Gasteiger partial charge in [-0.15, -0.1) is 11.6 Å². The largest absolute Gasteiger partial charge is 0.239 e. The molecule has 0 saturated heterocycles. The number of rotatable bonds is 0.